The van der Waals surface area contributed by atoms with Crippen molar-refractivity contribution in [3.8, 4) is 11.3 Å². The summed E-state index contributed by atoms with van der Waals surface area (Å²) in [5, 5.41) is 5.47. The van der Waals surface area contributed by atoms with E-state index < -0.39 is 0 Å². The number of hydrogen-bond donors (Lipinski definition) is 3. The smallest absolute Gasteiger partial charge is 0.228 e. The second kappa shape index (κ2) is 12.3. The molecule has 0 unspecified atom stereocenters. The van der Waals surface area contributed by atoms with E-state index in [0.717, 1.165) is 70.4 Å². The predicted molar refractivity (Wildman–Crippen MR) is 173 cm³/mol. The Labute approximate surface area is 264 Å². The number of hydrogen-bond acceptors (Lipinski definition) is 10. The van der Waals surface area contributed by atoms with Gasteiger partial charge in [-0.2, -0.15) is 0 Å². The lowest BCUT2D eigenvalue weighted by molar-refractivity contribution is 0.0974. The predicted octanol–water partition coefficient (Wildman–Crippen LogP) is 6.11. The Morgan fingerprint density at radius 3 is 2.65 bits per heavy atom. The first-order valence-corrected chi connectivity index (χ1v) is 15.1. The van der Waals surface area contributed by atoms with Crippen LogP contribution in [-0.4, -0.2) is 61.7 Å². The molecule has 5 aromatic rings. The molecule has 0 aliphatic carbocycles. The third kappa shape index (κ3) is 5.75. The average Bonchev–Trinajstić information content (AvgIpc) is 3.57. The fraction of sp³-hybridized carbons (Fsp3) is 0.300. The summed E-state index contributed by atoms with van der Waals surface area (Å²) in [5.74, 6) is 1.74. The molecule has 222 valence electrons. The summed E-state index contributed by atoms with van der Waals surface area (Å²) in [6, 6.07) is 11.9. The minimum absolute atomic E-state index is 0. The average molecular weight is 637 g/mol. The van der Waals surface area contributed by atoms with Crippen molar-refractivity contribution >= 4 is 64.3 Å². The summed E-state index contributed by atoms with van der Waals surface area (Å²) < 4.78 is 5.86. The molecular weight excluding hydrogens is 605 g/mol. The van der Waals surface area contributed by atoms with Gasteiger partial charge >= 0.3 is 0 Å². The van der Waals surface area contributed by atoms with E-state index in [1.165, 1.54) is 11.8 Å². The van der Waals surface area contributed by atoms with E-state index in [1.807, 2.05) is 42.7 Å². The number of nitrogens with one attached hydrogen (secondary N) is 2. The Bertz CT molecular complexity index is 1730. The van der Waals surface area contributed by atoms with Crippen LogP contribution in [0.25, 0.3) is 22.2 Å². The van der Waals surface area contributed by atoms with Crippen LogP contribution in [0.3, 0.4) is 0 Å². The van der Waals surface area contributed by atoms with E-state index in [4.69, 9.17) is 32.0 Å². The van der Waals surface area contributed by atoms with Crippen molar-refractivity contribution in [1.82, 2.24) is 29.9 Å². The first kappa shape index (κ1) is 29.6. The summed E-state index contributed by atoms with van der Waals surface area (Å²) in [7, 11) is 0. The number of anilines is 3. The van der Waals surface area contributed by atoms with Gasteiger partial charge < -0.3 is 25.7 Å². The fourth-order valence-corrected chi connectivity index (χ4v) is 6.87. The zero-order valence-electron chi connectivity index (χ0n) is 23.4. The molecule has 6 heterocycles. The lowest BCUT2D eigenvalue weighted by Gasteiger charge is -2.41. The second-order valence-electron chi connectivity index (χ2n) is 10.8. The number of benzene rings is 1. The summed E-state index contributed by atoms with van der Waals surface area (Å²) in [6.07, 6.45) is 11.1. The van der Waals surface area contributed by atoms with Crippen molar-refractivity contribution in [1.29, 1.82) is 0 Å². The Hall–Kier alpha value is -3.48. The monoisotopic (exact) mass is 635 g/mol. The summed E-state index contributed by atoms with van der Waals surface area (Å²) in [5.41, 5.74) is 9.39. The first-order chi connectivity index (χ1) is 20.5. The maximum atomic E-state index is 6.78. The minimum atomic E-state index is 0. The molecule has 0 bridgehead atoms. The van der Waals surface area contributed by atoms with Crippen LogP contribution in [0.5, 0.6) is 0 Å². The van der Waals surface area contributed by atoms with Crippen molar-refractivity contribution in [2.75, 3.05) is 29.9 Å². The molecule has 0 saturated carbocycles. The van der Waals surface area contributed by atoms with Gasteiger partial charge in [-0.3, -0.25) is 0 Å². The molecule has 0 amide bonds. The highest BCUT2D eigenvalue weighted by atomic mass is 35.5. The molecule has 2 aliphatic heterocycles. The van der Waals surface area contributed by atoms with Crippen LogP contribution in [0, 0.1) is 5.41 Å². The van der Waals surface area contributed by atoms with Gasteiger partial charge in [0.05, 0.1) is 35.8 Å². The molecular formula is C30H31Cl2N9OS. The largest absolute Gasteiger partial charge is 0.376 e. The second-order valence-corrected chi connectivity index (χ2v) is 12.3. The molecule has 7 rings (SSSR count). The Kier molecular flexibility index (Phi) is 8.43. The Morgan fingerprint density at radius 2 is 1.88 bits per heavy atom. The molecule has 2 aliphatic rings. The number of ether oxygens (including phenoxy) is 1. The SMILES string of the molecule is C[C@@H]1OCC2(CCN(c3cnc(Sc4ccnc(Nc5nccc(-c6c[nH]c7ccccc67)n5)c4Cl)cn3)CC2)[C@@H]1N.Cl. The van der Waals surface area contributed by atoms with Crippen molar-refractivity contribution in [3.63, 3.8) is 0 Å². The number of nitrogens with zero attached hydrogens (tertiary/aromatic N) is 6. The van der Waals surface area contributed by atoms with Gasteiger partial charge in [0.2, 0.25) is 5.95 Å². The van der Waals surface area contributed by atoms with Gasteiger partial charge in [0.1, 0.15) is 10.8 Å². The van der Waals surface area contributed by atoms with E-state index in [-0.39, 0.29) is 30.0 Å². The maximum Gasteiger partial charge on any atom is 0.228 e. The third-order valence-corrected chi connectivity index (χ3v) is 9.84. The third-order valence-electron chi connectivity index (χ3n) is 8.36. The molecule has 1 aromatic carbocycles. The first-order valence-electron chi connectivity index (χ1n) is 13.9. The summed E-state index contributed by atoms with van der Waals surface area (Å²) >= 11 is 8.21. The highest BCUT2D eigenvalue weighted by Gasteiger charge is 2.47. The van der Waals surface area contributed by atoms with Gasteiger partial charge in [-0.05, 0) is 38.0 Å². The highest BCUT2D eigenvalue weighted by molar-refractivity contribution is 7.99. The van der Waals surface area contributed by atoms with Gasteiger partial charge in [0, 0.05) is 64.5 Å². The number of H-pyrrole nitrogens is 1. The quantitative estimate of drug-likeness (QED) is 0.201. The topological polar surface area (TPSA) is 131 Å². The van der Waals surface area contributed by atoms with Crippen LogP contribution in [0.2, 0.25) is 5.02 Å². The van der Waals surface area contributed by atoms with Crippen LogP contribution >= 0.6 is 35.8 Å². The maximum absolute atomic E-state index is 6.78. The van der Waals surface area contributed by atoms with Gasteiger partial charge in [0.25, 0.3) is 0 Å². The number of piperidine rings is 1. The van der Waals surface area contributed by atoms with Crippen LogP contribution in [-0.2, 0) is 4.74 Å². The van der Waals surface area contributed by atoms with Gasteiger partial charge in [-0.25, -0.2) is 24.9 Å². The number of pyridine rings is 1. The number of aromatic amines is 1. The zero-order chi connectivity index (χ0) is 28.7. The molecule has 4 N–H and O–H groups in total. The van der Waals surface area contributed by atoms with E-state index in [9.17, 15) is 0 Å². The van der Waals surface area contributed by atoms with E-state index in [2.05, 4.69) is 43.1 Å². The number of aromatic nitrogens is 6. The lowest BCUT2D eigenvalue weighted by Crippen LogP contribution is -2.50. The molecule has 2 atom stereocenters. The van der Waals surface area contributed by atoms with E-state index >= 15 is 0 Å². The lowest BCUT2D eigenvalue weighted by atomic mass is 9.73. The highest BCUT2D eigenvalue weighted by Crippen LogP contribution is 2.42. The molecule has 2 fully saturated rings. The van der Waals surface area contributed by atoms with E-state index in [1.54, 1.807) is 18.6 Å². The van der Waals surface area contributed by atoms with Crippen LogP contribution in [0.4, 0.5) is 17.6 Å². The Morgan fingerprint density at radius 1 is 1.07 bits per heavy atom. The molecule has 0 radical (unpaired) electrons. The van der Waals surface area contributed by atoms with E-state index in [0.29, 0.717) is 16.8 Å². The van der Waals surface area contributed by atoms with Crippen LogP contribution in [0.15, 0.2) is 77.3 Å². The van der Waals surface area contributed by atoms with Gasteiger partial charge in [-0.15, -0.1) is 12.4 Å². The summed E-state index contributed by atoms with van der Waals surface area (Å²) in [4.78, 5) is 29.3. The number of rotatable bonds is 6. The molecule has 10 nitrogen and oxygen atoms in total. The molecule has 13 heteroatoms. The zero-order valence-corrected chi connectivity index (χ0v) is 25.8. The van der Waals surface area contributed by atoms with Gasteiger partial charge in [-0.1, -0.05) is 41.6 Å². The minimum Gasteiger partial charge on any atom is -0.376 e. The van der Waals surface area contributed by atoms with Crippen molar-refractivity contribution in [2.45, 2.75) is 41.8 Å². The molecule has 4 aromatic heterocycles. The number of halogens is 2. The standard InChI is InChI=1S/C30H30ClN9OS.ClH/c1-18-27(32)30(17-41-18)8-12-40(13-9-30)24-15-37-25(16-36-24)42-23-7-11-33-28(26(23)31)39-29-34-10-6-22(38-29)20-14-35-21-5-3-2-4-19(20)21;/h2-7,10-11,14-16,18,27,35H,8-9,12-13,17,32H2,1H3,(H,33,34,38,39);1H/t18-,27+;/m0./s1. The number of para-hydroxylation sites is 1. The normalized spacial score (nSPS) is 19.5. The van der Waals surface area contributed by atoms with Gasteiger partial charge in [0.15, 0.2) is 5.82 Å². The molecule has 2 saturated heterocycles. The van der Waals surface area contributed by atoms with Crippen LogP contribution in [0.1, 0.15) is 19.8 Å². The van der Waals surface area contributed by atoms with Crippen molar-refractivity contribution < 1.29 is 4.74 Å². The van der Waals surface area contributed by atoms with Crippen molar-refractivity contribution in [3.05, 3.63) is 72.4 Å². The fourth-order valence-electron chi connectivity index (χ4n) is 5.84. The molecule has 43 heavy (non-hydrogen) atoms. The summed E-state index contributed by atoms with van der Waals surface area (Å²) in [6.45, 7) is 4.59. The molecule has 1 spiro atoms. The number of fused-ring (bicyclic) bond motifs is 1. The van der Waals surface area contributed by atoms with Crippen molar-refractivity contribution in [2.24, 2.45) is 11.1 Å². The number of nitrogens with two attached hydrogens (primary N) is 1. The van der Waals surface area contributed by atoms with Crippen LogP contribution < -0.4 is 16.0 Å². The Balaban J connectivity index is 0.00000329.